The Hall–Kier alpha value is -3.26. The van der Waals surface area contributed by atoms with Crippen molar-refractivity contribution in [3.63, 3.8) is 0 Å². The highest BCUT2D eigenvalue weighted by atomic mass is 15.3. The maximum absolute atomic E-state index is 2.42. The van der Waals surface area contributed by atoms with Crippen LogP contribution in [-0.4, -0.2) is 0 Å². The van der Waals surface area contributed by atoms with Gasteiger partial charge in [-0.1, -0.05) is 54.6 Å². The second kappa shape index (κ2) is 6.23. The molecule has 0 fully saturated rings. The Morgan fingerprint density at radius 2 is 1.12 bits per heavy atom. The number of hydrogen-bond donors (Lipinski definition) is 0. The van der Waals surface area contributed by atoms with Crippen LogP contribution >= 0.6 is 0 Å². The predicted molar refractivity (Wildman–Crippen MR) is 109 cm³/mol. The highest BCUT2D eigenvalue weighted by molar-refractivity contribution is 5.90. The lowest BCUT2D eigenvalue weighted by Gasteiger charge is -2.42. The fraction of sp³-hybridized carbons (Fsp3) is 0.0833. The largest absolute Gasteiger partial charge is 0.310 e. The molecular formula is C24H20N2. The quantitative estimate of drug-likeness (QED) is 0.524. The van der Waals surface area contributed by atoms with Crippen LogP contribution in [0.25, 0.3) is 0 Å². The molecule has 5 rings (SSSR count). The van der Waals surface area contributed by atoms with Crippen LogP contribution in [0.5, 0.6) is 0 Å². The summed E-state index contributed by atoms with van der Waals surface area (Å²) in [5.41, 5.74) is 7.50. The van der Waals surface area contributed by atoms with Crippen LogP contribution < -0.4 is 9.80 Å². The van der Waals surface area contributed by atoms with Crippen LogP contribution in [0.3, 0.4) is 0 Å². The molecule has 2 aliphatic rings. The molecule has 0 saturated carbocycles. The molecule has 0 atom stereocenters. The van der Waals surface area contributed by atoms with E-state index in [2.05, 4.69) is 107 Å². The Morgan fingerprint density at radius 1 is 0.577 bits per heavy atom. The zero-order chi connectivity index (χ0) is 17.3. The van der Waals surface area contributed by atoms with E-state index in [9.17, 15) is 0 Å². The fourth-order valence-electron chi connectivity index (χ4n) is 3.91. The second-order valence-corrected chi connectivity index (χ2v) is 6.60. The van der Waals surface area contributed by atoms with Crippen molar-refractivity contribution in [2.24, 2.45) is 0 Å². The van der Waals surface area contributed by atoms with Gasteiger partial charge in [-0.25, -0.2) is 0 Å². The smallest absolute Gasteiger partial charge is 0.0703 e. The minimum absolute atomic E-state index is 1.04. The number of nitrogens with zero attached hydrogens (tertiary/aromatic N) is 2. The van der Waals surface area contributed by atoms with Gasteiger partial charge < -0.3 is 9.80 Å². The van der Waals surface area contributed by atoms with Gasteiger partial charge in [0, 0.05) is 17.1 Å². The summed E-state index contributed by atoms with van der Waals surface area (Å²) in [6.45, 7) is 0. The van der Waals surface area contributed by atoms with E-state index < -0.39 is 0 Å². The molecule has 26 heavy (non-hydrogen) atoms. The summed E-state index contributed by atoms with van der Waals surface area (Å²) in [4.78, 5) is 4.81. The van der Waals surface area contributed by atoms with E-state index >= 15 is 0 Å². The zero-order valence-corrected chi connectivity index (χ0v) is 14.5. The Morgan fingerprint density at radius 3 is 1.77 bits per heavy atom. The molecule has 126 valence electrons. The van der Waals surface area contributed by atoms with Crippen molar-refractivity contribution >= 4 is 22.7 Å². The molecule has 0 bridgehead atoms. The van der Waals surface area contributed by atoms with Gasteiger partial charge in [0.1, 0.15) is 0 Å². The van der Waals surface area contributed by atoms with Crippen molar-refractivity contribution in [2.45, 2.75) is 12.8 Å². The van der Waals surface area contributed by atoms with Crippen molar-refractivity contribution in [2.75, 3.05) is 9.80 Å². The molecular weight excluding hydrogens is 316 g/mol. The average molecular weight is 336 g/mol. The number of benzene rings is 3. The number of rotatable bonds is 2. The molecule has 0 radical (unpaired) electrons. The third-order valence-electron chi connectivity index (χ3n) is 5.02. The molecule has 3 aromatic carbocycles. The molecule has 2 nitrogen and oxygen atoms in total. The number of anilines is 4. The van der Waals surface area contributed by atoms with Crippen molar-refractivity contribution < 1.29 is 0 Å². The van der Waals surface area contributed by atoms with E-state index in [0.717, 1.165) is 12.8 Å². The third-order valence-corrected chi connectivity index (χ3v) is 5.02. The maximum atomic E-state index is 2.42. The number of allylic oxidation sites excluding steroid dienone is 3. The molecule has 0 unspecified atom stereocenters. The van der Waals surface area contributed by atoms with Gasteiger partial charge in [-0.15, -0.1) is 0 Å². The highest BCUT2D eigenvalue weighted by Gasteiger charge is 2.31. The first-order chi connectivity index (χ1) is 12.9. The van der Waals surface area contributed by atoms with Gasteiger partial charge in [-0.2, -0.15) is 0 Å². The summed E-state index contributed by atoms with van der Waals surface area (Å²) in [7, 11) is 0. The van der Waals surface area contributed by atoms with E-state index in [1.807, 2.05) is 0 Å². The molecule has 0 spiro atoms. The van der Waals surface area contributed by atoms with Crippen LogP contribution in [0.2, 0.25) is 0 Å². The lowest BCUT2D eigenvalue weighted by Crippen LogP contribution is -2.32. The molecule has 0 saturated heterocycles. The van der Waals surface area contributed by atoms with Gasteiger partial charge in [-0.3, -0.25) is 0 Å². The Kier molecular flexibility index (Phi) is 3.60. The van der Waals surface area contributed by atoms with Gasteiger partial charge in [-0.05, 0) is 55.3 Å². The SMILES string of the molecule is C1=CC2=C(CC1)N(c1ccccc1)c1ccccc1N2c1ccccc1. The Bertz CT molecular complexity index is 987. The van der Waals surface area contributed by atoms with Gasteiger partial charge in [0.25, 0.3) is 0 Å². The first-order valence-corrected chi connectivity index (χ1v) is 9.12. The normalized spacial score (nSPS) is 15.7. The van der Waals surface area contributed by atoms with Crippen LogP contribution in [0, 0.1) is 0 Å². The summed E-state index contributed by atoms with van der Waals surface area (Å²) >= 11 is 0. The standard InChI is InChI=1S/C24H20N2/c1-3-11-19(12-4-1)25-21-15-7-9-17-23(21)26(20-13-5-2-6-14-20)24-18-10-8-16-22(24)25/h1-9,11-17H,10,18H2. The topological polar surface area (TPSA) is 6.48 Å². The van der Waals surface area contributed by atoms with Gasteiger partial charge in [0.15, 0.2) is 0 Å². The second-order valence-electron chi connectivity index (χ2n) is 6.60. The van der Waals surface area contributed by atoms with Crippen molar-refractivity contribution in [3.8, 4) is 0 Å². The zero-order valence-electron chi connectivity index (χ0n) is 14.5. The Labute approximate surface area is 154 Å². The number of fused-ring (bicyclic) bond motifs is 1. The van der Waals surface area contributed by atoms with Crippen LogP contribution in [0.4, 0.5) is 22.7 Å². The Balaban J connectivity index is 1.78. The third kappa shape index (κ3) is 2.34. The van der Waals surface area contributed by atoms with Crippen LogP contribution in [-0.2, 0) is 0 Å². The van der Waals surface area contributed by atoms with E-state index in [1.54, 1.807) is 0 Å². The summed E-state index contributed by atoms with van der Waals surface area (Å²) in [6.07, 6.45) is 6.68. The van der Waals surface area contributed by atoms with Gasteiger partial charge in [0.2, 0.25) is 0 Å². The summed E-state index contributed by atoms with van der Waals surface area (Å²) in [5.74, 6) is 0. The monoisotopic (exact) mass is 336 g/mol. The van der Waals surface area contributed by atoms with Crippen molar-refractivity contribution in [1.82, 2.24) is 0 Å². The lowest BCUT2D eigenvalue weighted by atomic mass is 9.99. The summed E-state index contributed by atoms with van der Waals surface area (Å²) in [6, 6.07) is 30.0. The van der Waals surface area contributed by atoms with E-state index in [0.29, 0.717) is 0 Å². The van der Waals surface area contributed by atoms with E-state index in [4.69, 9.17) is 0 Å². The van der Waals surface area contributed by atoms with Crippen molar-refractivity contribution in [1.29, 1.82) is 0 Å². The minimum atomic E-state index is 1.04. The molecule has 0 amide bonds. The summed E-state index contributed by atoms with van der Waals surface area (Å²) in [5, 5.41) is 0. The molecule has 1 heterocycles. The molecule has 2 heteroatoms. The first-order valence-electron chi connectivity index (χ1n) is 9.12. The molecule has 1 aliphatic carbocycles. The van der Waals surface area contributed by atoms with Gasteiger partial charge >= 0.3 is 0 Å². The van der Waals surface area contributed by atoms with Crippen LogP contribution in [0.1, 0.15) is 12.8 Å². The van der Waals surface area contributed by atoms with Crippen molar-refractivity contribution in [3.05, 3.63) is 108 Å². The number of hydrogen-bond acceptors (Lipinski definition) is 2. The van der Waals surface area contributed by atoms with Gasteiger partial charge in [0.05, 0.1) is 17.1 Å². The maximum Gasteiger partial charge on any atom is 0.0703 e. The molecule has 0 N–H and O–H groups in total. The molecule has 0 aromatic heterocycles. The minimum Gasteiger partial charge on any atom is -0.310 e. The first kappa shape index (κ1) is 15.0. The summed E-state index contributed by atoms with van der Waals surface area (Å²) < 4.78 is 0. The predicted octanol–water partition coefficient (Wildman–Crippen LogP) is 6.54. The molecule has 1 aliphatic heterocycles. The van der Waals surface area contributed by atoms with E-state index in [1.165, 1.54) is 34.1 Å². The highest BCUT2D eigenvalue weighted by Crippen LogP contribution is 2.49. The lowest BCUT2D eigenvalue weighted by molar-refractivity contribution is 0.868. The number of para-hydroxylation sites is 4. The average Bonchev–Trinajstić information content (AvgIpc) is 2.73. The fourth-order valence-corrected chi connectivity index (χ4v) is 3.91. The van der Waals surface area contributed by atoms with Crippen LogP contribution in [0.15, 0.2) is 108 Å². The molecule has 3 aromatic rings. The van der Waals surface area contributed by atoms with E-state index in [-0.39, 0.29) is 0 Å².